The van der Waals surface area contributed by atoms with Crippen LogP contribution in [0.15, 0.2) is 23.0 Å². The largest absolute Gasteiger partial charge is 0.453 e. The fourth-order valence-electron chi connectivity index (χ4n) is 4.75. The van der Waals surface area contributed by atoms with Crippen molar-refractivity contribution in [3.8, 4) is 0 Å². The molecular weight excluding hydrogens is 344 g/mol. The summed E-state index contributed by atoms with van der Waals surface area (Å²) in [7, 11) is 1.43. The van der Waals surface area contributed by atoms with E-state index >= 15 is 0 Å². The van der Waals surface area contributed by atoms with Crippen LogP contribution in [-0.4, -0.2) is 64.3 Å². The number of aryl methyl sites for hydroxylation is 1. The molecule has 146 valence electrons. The lowest BCUT2D eigenvalue weighted by Gasteiger charge is -2.43. The van der Waals surface area contributed by atoms with E-state index in [0.717, 1.165) is 55.5 Å². The van der Waals surface area contributed by atoms with Crippen LogP contribution in [0.4, 0.5) is 4.79 Å². The lowest BCUT2D eigenvalue weighted by atomic mass is 9.93. The highest BCUT2D eigenvalue weighted by atomic mass is 16.5. The zero-order valence-corrected chi connectivity index (χ0v) is 16.3. The number of piperidine rings is 1. The molecule has 2 aliphatic heterocycles. The number of likely N-dealkylation sites (tertiary alicyclic amines) is 2. The predicted molar refractivity (Wildman–Crippen MR) is 104 cm³/mol. The Labute approximate surface area is 158 Å². The van der Waals surface area contributed by atoms with Gasteiger partial charge in [-0.2, -0.15) is 0 Å². The topological polar surface area (TPSA) is 70.6 Å². The standard InChI is InChI=1S/C20H28N4O3/c1-14-4-5-16-17(12-14)24(18(25)21-16)15-6-9-23(10-7-15)20(2)8-11-22(13-20)19(26)27-3/h4-5,12,15H,6-11,13H2,1-3H3,(H,21,25). The van der Waals surface area contributed by atoms with Gasteiger partial charge in [0.2, 0.25) is 0 Å². The molecule has 0 saturated carbocycles. The van der Waals surface area contributed by atoms with Gasteiger partial charge in [-0.3, -0.25) is 9.47 Å². The van der Waals surface area contributed by atoms with Crippen LogP contribution < -0.4 is 5.69 Å². The molecule has 2 fully saturated rings. The van der Waals surface area contributed by atoms with E-state index in [4.69, 9.17) is 4.74 Å². The van der Waals surface area contributed by atoms with Crippen LogP contribution in [0, 0.1) is 6.92 Å². The van der Waals surface area contributed by atoms with Crippen molar-refractivity contribution in [1.82, 2.24) is 19.4 Å². The van der Waals surface area contributed by atoms with Crippen LogP contribution in [0.1, 0.15) is 37.8 Å². The summed E-state index contributed by atoms with van der Waals surface area (Å²) in [5.41, 5.74) is 3.04. The van der Waals surface area contributed by atoms with Gasteiger partial charge in [-0.05, 0) is 50.8 Å². The number of rotatable bonds is 2. The van der Waals surface area contributed by atoms with E-state index in [1.807, 2.05) is 16.7 Å². The van der Waals surface area contributed by atoms with Crippen LogP contribution in [-0.2, 0) is 4.74 Å². The summed E-state index contributed by atoms with van der Waals surface area (Å²) in [5, 5.41) is 0. The first kappa shape index (κ1) is 18.1. The molecule has 1 atom stereocenters. The van der Waals surface area contributed by atoms with E-state index in [1.165, 1.54) is 7.11 Å². The average Bonchev–Trinajstić information content (AvgIpc) is 3.21. The van der Waals surface area contributed by atoms with Gasteiger partial charge in [-0.15, -0.1) is 0 Å². The molecule has 4 rings (SSSR count). The molecule has 0 spiro atoms. The number of aromatic amines is 1. The third kappa shape index (κ3) is 3.14. The quantitative estimate of drug-likeness (QED) is 0.879. The fraction of sp³-hybridized carbons (Fsp3) is 0.600. The number of aromatic nitrogens is 2. The Hall–Kier alpha value is -2.28. The Morgan fingerprint density at radius 1 is 1.26 bits per heavy atom. The Morgan fingerprint density at radius 3 is 2.70 bits per heavy atom. The molecule has 2 saturated heterocycles. The number of amides is 1. The summed E-state index contributed by atoms with van der Waals surface area (Å²) in [6.45, 7) is 7.60. The first-order valence-corrected chi connectivity index (χ1v) is 9.70. The third-order valence-corrected chi connectivity index (χ3v) is 6.35. The highest BCUT2D eigenvalue weighted by Gasteiger charge is 2.42. The first-order valence-electron chi connectivity index (χ1n) is 9.70. The van der Waals surface area contributed by atoms with Gasteiger partial charge in [0.1, 0.15) is 0 Å². The molecule has 27 heavy (non-hydrogen) atoms. The Balaban J connectivity index is 1.49. The SMILES string of the molecule is COC(=O)N1CCC(C)(N2CCC(n3c(=O)[nH]c4ccc(C)cc43)CC2)C1. The van der Waals surface area contributed by atoms with E-state index in [9.17, 15) is 9.59 Å². The minimum atomic E-state index is -0.241. The number of fused-ring (bicyclic) bond motifs is 1. The Bertz CT molecular complexity index is 910. The molecule has 1 unspecified atom stereocenters. The second kappa shape index (κ2) is 6.71. The maximum Gasteiger partial charge on any atom is 0.409 e. The van der Waals surface area contributed by atoms with Crippen LogP contribution in [0.2, 0.25) is 0 Å². The molecule has 3 heterocycles. The Kier molecular flexibility index (Phi) is 4.50. The summed E-state index contributed by atoms with van der Waals surface area (Å²) in [4.78, 5) is 31.6. The molecule has 7 nitrogen and oxygen atoms in total. The van der Waals surface area contributed by atoms with Crippen molar-refractivity contribution >= 4 is 17.1 Å². The number of nitrogens with one attached hydrogen (secondary N) is 1. The molecule has 2 aliphatic rings. The molecule has 1 aromatic carbocycles. The van der Waals surface area contributed by atoms with E-state index < -0.39 is 0 Å². The van der Waals surface area contributed by atoms with E-state index in [0.29, 0.717) is 6.54 Å². The van der Waals surface area contributed by atoms with Crippen molar-refractivity contribution in [2.45, 2.75) is 44.7 Å². The molecule has 1 aromatic heterocycles. The van der Waals surface area contributed by atoms with E-state index in [1.54, 1.807) is 4.90 Å². The summed E-state index contributed by atoms with van der Waals surface area (Å²) in [6, 6.07) is 6.32. The number of benzene rings is 1. The van der Waals surface area contributed by atoms with Gasteiger partial charge in [0, 0.05) is 37.8 Å². The zero-order chi connectivity index (χ0) is 19.2. The number of carbonyl (C=O) groups is 1. The molecule has 1 N–H and O–H groups in total. The van der Waals surface area contributed by atoms with Crippen LogP contribution in [0.3, 0.4) is 0 Å². The normalized spacial score (nSPS) is 24.6. The van der Waals surface area contributed by atoms with Crippen molar-refractivity contribution in [3.05, 3.63) is 34.2 Å². The van der Waals surface area contributed by atoms with Gasteiger partial charge in [0.05, 0.1) is 18.1 Å². The van der Waals surface area contributed by atoms with Gasteiger partial charge in [0.15, 0.2) is 0 Å². The fourth-order valence-corrected chi connectivity index (χ4v) is 4.75. The number of methoxy groups -OCH3 is 1. The summed E-state index contributed by atoms with van der Waals surface area (Å²) < 4.78 is 6.81. The number of ether oxygens (including phenoxy) is 1. The van der Waals surface area contributed by atoms with Crippen LogP contribution >= 0.6 is 0 Å². The highest BCUT2D eigenvalue weighted by Crippen LogP contribution is 2.33. The molecule has 0 aliphatic carbocycles. The van der Waals surface area contributed by atoms with Crippen LogP contribution in [0.5, 0.6) is 0 Å². The lowest BCUT2D eigenvalue weighted by molar-refractivity contribution is 0.0662. The van der Waals surface area contributed by atoms with E-state index in [2.05, 4.69) is 29.8 Å². The van der Waals surface area contributed by atoms with Gasteiger partial charge in [0.25, 0.3) is 0 Å². The number of hydrogen-bond donors (Lipinski definition) is 1. The number of H-pyrrole nitrogens is 1. The van der Waals surface area contributed by atoms with Crippen molar-refractivity contribution in [2.75, 3.05) is 33.3 Å². The first-order chi connectivity index (χ1) is 12.9. The monoisotopic (exact) mass is 372 g/mol. The van der Waals surface area contributed by atoms with Gasteiger partial charge in [-0.1, -0.05) is 6.07 Å². The van der Waals surface area contributed by atoms with Gasteiger partial charge < -0.3 is 14.6 Å². The molecular formula is C20H28N4O3. The molecule has 1 amide bonds. The third-order valence-electron chi connectivity index (χ3n) is 6.35. The number of nitrogens with zero attached hydrogens (tertiary/aromatic N) is 3. The van der Waals surface area contributed by atoms with Crippen molar-refractivity contribution < 1.29 is 9.53 Å². The smallest absolute Gasteiger partial charge is 0.409 e. The molecule has 2 aromatic rings. The molecule has 0 bridgehead atoms. The maximum absolute atomic E-state index is 12.5. The average molecular weight is 372 g/mol. The second-order valence-electron chi connectivity index (χ2n) is 8.18. The predicted octanol–water partition coefficient (Wildman–Crippen LogP) is 2.51. The van der Waals surface area contributed by atoms with Gasteiger partial charge in [-0.25, -0.2) is 9.59 Å². The summed E-state index contributed by atoms with van der Waals surface area (Å²) in [5.74, 6) is 0. The van der Waals surface area contributed by atoms with Crippen LogP contribution in [0.25, 0.3) is 11.0 Å². The minimum Gasteiger partial charge on any atom is -0.453 e. The lowest BCUT2D eigenvalue weighted by Crippen LogP contribution is -2.52. The van der Waals surface area contributed by atoms with Crippen molar-refractivity contribution in [3.63, 3.8) is 0 Å². The maximum atomic E-state index is 12.5. The molecule has 7 heteroatoms. The number of carbonyl (C=O) groups excluding carboxylic acids is 1. The second-order valence-corrected chi connectivity index (χ2v) is 8.18. The van der Waals surface area contributed by atoms with Crippen molar-refractivity contribution in [2.24, 2.45) is 0 Å². The number of hydrogen-bond acceptors (Lipinski definition) is 4. The van der Waals surface area contributed by atoms with Crippen molar-refractivity contribution in [1.29, 1.82) is 0 Å². The van der Waals surface area contributed by atoms with E-state index in [-0.39, 0.29) is 23.4 Å². The highest BCUT2D eigenvalue weighted by molar-refractivity contribution is 5.76. The zero-order valence-electron chi connectivity index (χ0n) is 16.3. The minimum absolute atomic E-state index is 0.0130. The summed E-state index contributed by atoms with van der Waals surface area (Å²) >= 11 is 0. The Morgan fingerprint density at radius 2 is 2.00 bits per heavy atom. The summed E-state index contributed by atoms with van der Waals surface area (Å²) in [6.07, 6.45) is 2.59. The number of imidazole rings is 1. The van der Waals surface area contributed by atoms with Gasteiger partial charge >= 0.3 is 11.8 Å². The molecule has 0 radical (unpaired) electrons.